The van der Waals surface area contributed by atoms with Crippen LogP contribution in [0.4, 0.5) is 0 Å². The Balaban J connectivity index is 2.04. The molecule has 0 unspecified atom stereocenters. The third-order valence-electron chi connectivity index (χ3n) is 4.43. The molecule has 1 fully saturated rings. The SMILES string of the molecule is CO[C@H]1CN(CCc2ccccc2C)[C@H](CO)[C@@H](O)[C@@H]1O. The van der Waals surface area contributed by atoms with Gasteiger partial charge in [-0.25, -0.2) is 0 Å². The summed E-state index contributed by atoms with van der Waals surface area (Å²) in [5.74, 6) is 0. The van der Waals surface area contributed by atoms with Crippen LogP contribution in [0.3, 0.4) is 0 Å². The molecule has 3 N–H and O–H groups in total. The molecule has 5 nitrogen and oxygen atoms in total. The lowest BCUT2D eigenvalue weighted by Gasteiger charge is -2.44. The number of hydrogen-bond donors (Lipinski definition) is 3. The zero-order valence-corrected chi connectivity index (χ0v) is 12.6. The number of likely N-dealkylation sites (tertiary alicyclic amines) is 1. The van der Waals surface area contributed by atoms with Crippen molar-refractivity contribution < 1.29 is 20.1 Å². The average molecular weight is 295 g/mol. The van der Waals surface area contributed by atoms with Crippen LogP contribution in [0.1, 0.15) is 11.1 Å². The topological polar surface area (TPSA) is 73.2 Å². The molecule has 118 valence electrons. The second-order valence-electron chi connectivity index (χ2n) is 5.68. The molecule has 0 spiro atoms. The Labute approximate surface area is 125 Å². The minimum absolute atomic E-state index is 0.178. The van der Waals surface area contributed by atoms with Gasteiger partial charge >= 0.3 is 0 Å². The van der Waals surface area contributed by atoms with E-state index in [1.54, 1.807) is 0 Å². The Kier molecular flexibility index (Phi) is 5.72. The number of methoxy groups -OCH3 is 1. The van der Waals surface area contributed by atoms with E-state index in [4.69, 9.17) is 4.74 Å². The van der Waals surface area contributed by atoms with Gasteiger partial charge in [-0.3, -0.25) is 4.90 Å². The lowest BCUT2D eigenvalue weighted by atomic mass is 9.93. The number of nitrogens with zero attached hydrogens (tertiary/aromatic N) is 1. The van der Waals surface area contributed by atoms with Crippen molar-refractivity contribution in [3.63, 3.8) is 0 Å². The Hall–Kier alpha value is -0.980. The summed E-state index contributed by atoms with van der Waals surface area (Å²) in [7, 11) is 1.53. The highest BCUT2D eigenvalue weighted by Crippen LogP contribution is 2.21. The fourth-order valence-corrected chi connectivity index (χ4v) is 2.99. The van der Waals surface area contributed by atoms with E-state index in [-0.39, 0.29) is 6.61 Å². The van der Waals surface area contributed by atoms with Crippen molar-refractivity contribution in [3.8, 4) is 0 Å². The van der Waals surface area contributed by atoms with E-state index in [2.05, 4.69) is 19.1 Å². The van der Waals surface area contributed by atoms with Crippen molar-refractivity contribution in [1.82, 2.24) is 4.90 Å². The highest BCUT2D eigenvalue weighted by atomic mass is 16.5. The van der Waals surface area contributed by atoms with E-state index < -0.39 is 24.4 Å². The van der Waals surface area contributed by atoms with Crippen LogP contribution in [-0.2, 0) is 11.2 Å². The van der Waals surface area contributed by atoms with Gasteiger partial charge in [-0.15, -0.1) is 0 Å². The molecular formula is C16H25NO4. The molecule has 0 bridgehead atoms. The monoisotopic (exact) mass is 295 g/mol. The molecular weight excluding hydrogens is 270 g/mol. The second kappa shape index (κ2) is 7.33. The molecule has 0 amide bonds. The summed E-state index contributed by atoms with van der Waals surface area (Å²) < 4.78 is 5.24. The van der Waals surface area contributed by atoms with E-state index >= 15 is 0 Å². The van der Waals surface area contributed by atoms with Crippen molar-refractivity contribution >= 4 is 0 Å². The maximum Gasteiger partial charge on any atom is 0.109 e. The molecule has 1 aromatic rings. The van der Waals surface area contributed by atoms with Crippen molar-refractivity contribution in [2.45, 2.75) is 37.7 Å². The van der Waals surface area contributed by atoms with Crippen LogP contribution in [0.5, 0.6) is 0 Å². The lowest BCUT2D eigenvalue weighted by Crippen LogP contribution is -2.63. The molecule has 1 heterocycles. The number of ether oxygens (including phenoxy) is 1. The van der Waals surface area contributed by atoms with Crippen LogP contribution >= 0.6 is 0 Å². The first-order valence-electron chi connectivity index (χ1n) is 7.36. The Bertz CT molecular complexity index is 454. The predicted octanol–water partition coefficient (Wildman–Crippen LogP) is -0.0492. The summed E-state index contributed by atoms with van der Waals surface area (Å²) >= 11 is 0. The maximum absolute atomic E-state index is 10.1. The van der Waals surface area contributed by atoms with Crippen LogP contribution in [0.15, 0.2) is 24.3 Å². The van der Waals surface area contributed by atoms with Crippen LogP contribution in [0, 0.1) is 6.92 Å². The summed E-state index contributed by atoms with van der Waals surface area (Å²) in [4.78, 5) is 2.00. The second-order valence-corrected chi connectivity index (χ2v) is 5.68. The van der Waals surface area contributed by atoms with Gasteiger partial charge in [0.15, 0.2) is 0 Å². The first-order valence-corrected chi connectivity index (χ1v) is 7.36. The maximum atomic E-state index is 10.1. The van der Waals surface area contributed by atoms with E-state index in [9.17, 15) is 15.3 Å². The molecule has 0 radical (unpaired) electrons. The summed E-state index contributed by atoms with van der Waals surface area (Å²) in [5, 5.41) is 29.6. The number of aryl methyl sites for hydroxylation is 1. The van der Waals surface area contributed by atoms with Crippen molar-refractivity contribution in [3.05, 3.63) is 35.4 Å². The fourth-order valence-electron chi connectivity index (χ4n) is 2.99. The van der Waals surface area contributed by atoms with Crippen LogP contribution in [0.2, 0.25) is 0 Å². The quantitative estimate of drug-likeness (QED) is 0.710. The largest absolute Gasteiger partial charge is 0.395 e. The highest BCUT2D eigenvalue weighted by Gasteiger charge is 2.41. The normalized spacial score (nSPS) is 30.5. The van der Waals surface area contributed by atoms with E-state index in [0.29, 0.717) is 13.1 Å². The molecule has 0 saturated carbocycles. The molecule has 1 aliphatic rings. The summed E-state index contributed by atoms with van der Waals surface area (Å²) in [5.41, 5.74) is 2.49. The molecule has 1 aliphatic heterocycles. The molecule has 4 atom stereocenters. The van der Waals surface area contributed by atoms with Gasteiger partial charge in [0.05, 0.1) is 18.8 Å². The van der Waals surface area contributed by atoms with Gasteiger partial charge in [0.1, 0.15) is 12.2 Å². The highest BCUT2D eigenvalue weighted by molar-refractivity contribution is 5.25. The zero-order chi connectivity index (χ0) is 15.4. The molecule has 2 rings (SSSR count). The van der Waals surface area contributed by atoms with E-state index in [1.807, 2.05) is 17.0 Å². The minimum atomic E-state index is -0.995. The standard InChI is InChI=1S/C16H25NO4/c1-11-5-3-4-6-12(11)7-8-17-9-14(21-2)16(20)15(19)13(17)10-18/h3-6,13-16,18-20H,7-10H2,1-2H3/t13-,14+,15-,16-/m1/s1. The van der Waals surface area contributed by atoms with Gasteiger partial charge in [-0.05, 0) is 24.5 Å². The third kappa shape index (κ3) is 3.62. The van der Waals surface area contributed by atoms with Gasteiger partial charge < -0.3 is 20.1 Å². The van der Waals surface area contributed by atoms with Crippen molar-refractivity contribution in [2.75, 3.05) is 26.8 Å². The number of benzene rings is 1. The summed E-state index contributed by atoms with van der Waals surface area (Å²) in [6, 6.07) is 7.74. The van der Waals surface area contributed by atoms with Gasteiger partial charge in [0, 0.05) is 20.2 Å². The molecule has 1 saturated heterocycles. The lowest BCUT2D eigenvalue weighted by molar-refractivity contribution is -0.154. The third-order valence-corrected chi connectivity index (χ3v) is 4.43. The molecule has 1 aromatic carbocycles. The van der Waals surface area contributed by atoms with Crippen LogP contribution in [-0.4, -0.2) is 71.4 Å². The number of rotatable bonds is 5. The van der Waals surface area contributed by atoms with Crippen LogP contribution < -0.4 is 0 Å². The van der Waals surface area contributed by atoms with E-state index in [1.165, 1.54) is 18.2 Å². The Morgan fingerprint density at radius 2 is 1.95 bits per heavy atom. The number of hydrogen-bond acceptors (Lipinski definition) is 5. The van der Waals surface area contributed by atoms with Crippen LogP contribution in [0.25, 0.3) is 0 Å². The number of aliphatic hydroxyl groups excluding tert-OH is 3. The molecule has 21 heavy (non-hydrogen) atoms. The zero-order valence-electron chi connectivity index (χ0n) is 12.6. The minimum Gasteiger partial charge on any atom is -0.395 e. The number of aliphatic hydroxyl groups is 3. The molecule has 5 heteroatoms. The van der Waals surface area contributed by atoms with Crippen molar-refractivity contribution in [2.24, 2.45) is 0 Å². The number of piperidine rings is 1. The van der Waals surface area contributed by atoms with Gasteiger partial charge in [0.2, 0.25) is 0 Å². The van der Waals surface area contributed by atoms with E-state index in [0.717, 1.165) is 6.42 Å². The molecule has 0 aromatic heterocycles. The van der Waals surface area contributed by atoms with Gasteiger partial charge in [0.25, 0.3) is 0 Å². The Morgan fingerprint density at radius 3 is 2.57 bits per heavy atom. The predicted molar refractivity (Wildman–Crippen MR) is 80.1 cm³/mol. The first kappa shape index (κ1) is 16.4. The molecule has 0 aliphatic carbocycles. The van der Waals surface area contributed by atoms with Crippen molar-refractivity contribution in [1.29, 1.82) is 0 Å². The Morgan fingerprint density at radius 1 is 1.24 bits per heavy atom. The fraction of sp³-hybridized carbons (Fsp3) is 0.625. The van der Waals surface area contributed by atoms with Gasteiger partial charge in [-0.1, -0.05) is 24.3 Å². The first-order chi connectivity index (χ1) is 10.1. The average Bonchev–Trinajstić information content (AvgIpc) is 2.49. The van der Waals surface area contributed by atoms with Gasteiger partial charge in [-0.2, -0.15) is 0 Å². The summed E-state index contributed by atoms with van der Waals surface area (Å²) in [6.45, 7) is 3.11. The smallest absolute Gasteiger partial charge is 0.109 e. The summed E-state index contributed by atoms with van der Waals surface area (Å²) in [6.07, 6.45) is -1.55.